The third-order valence-corrected chi connectivity index (χ3v) is 7.26. The molecule has 2 unspecified atom stereocenters. The van der Waals surface area contributed by atoms with E-state index in [1.165, 1.54) is 28.6 Å². The molecule has 0 radical (unpaired) electrons. The van der Waals surface area contributed by atoms with Crippen LogP contribution in [0.4, 0.5) is 8.78 Å². The van der Waals surface area contributed by atoms with E-state index in [0.29, 0.717) is 28.4 Å². The molecule has 1 aromatic heterocycles. The Hall–Kier alpha value is -2.03. The first-order valence-electron chi connectivity index (χ1n) is 9.13. The third kappa shape index (κ3) is 3.40. The fourth-order valence-corrected chi connectivity index (χ4v) is 6.12. The summed E-state index contributed by atoms with van der Waals surface area (Å²) in [6, 6.07) is 8.50. The topological polar surface area (TPSA) is 62.5 Å². The van der Waals surface area contributed by atoms with Gasteiger partial charge in [0.05, 0.1) is 17.9 Å². The SMILES string of the molecule is CC1CN(CC(C)(O)Cn2c3ccc(F)cc3c3cc(F)ccc32)S(=O)(=O)C1. The summed E-state index contributed by atoms with van der Waals surface area (Å²) in [7, 11) is -3.38. The van der Waals surface area contributed by atoms with Gasteiger partial charge in [-0.2, -0.15) is 4.31 Å². The summed E-state index contributed by atoms with van der Waals surface area (Å²) in [5.41, 5.74) is -0.0569. The average Bonchev–Trinajstić information content (AvgIpc) is 2.99. The van der Waals surface area contributed by atoms with E-state index in [2.05, 4.69) is 0 Å². The summed E-state index contributed by atoms with van der Waals surface area (Å²) in [6.07, 6.45) is 0. The molecule has 1 aliphatic rings. The summed E-state index contributed by atoms with van der Waals surface area (Å²) in [6.45, 7) is 3.87. The highest BCUT2D eigenvalue weighted by Crippen LogP contribution is 2.32. The summed E-state index contributed by atoms with van der Waals surface area (Å²) in [4.78, 5) is 0. The summed E-state index contributed by atoms with van der Waals surface area (Å²) < 4.78 is 55.2. The van der Waals surface area contributed by atoms with Crippen molar-refractivity contribution in [2.45, 2.75) is 26.0 Å². The highest BCUT2D eigenvalue weighted by Gasteiger charge is 2.38. The molecule has 5 nitrogen and oxygen atoms in total. The van der Waals surface area contributed by atoms with Gasteiger partial charge in [0.15, 0.2) is 0 Å². The van der Waals surface area contributed by atoms with Crippen LogP contribution in [0.15, 0.2) is 36.4 Å². The number of hydrogen-bond acceptors (Lipinski definition) is 3. The van der Waals surface area contributed by atoms with E-state index in [0.717, 1.165) is 0 Å². The zero-order valence-corrected chi connectivity index (χ0v) is 16.5. The minimum absolute atomic E-state index is 0.0139. The maximum Gasteiger partial charge on any atom is 0.214 e. The maximum atomic E-state index is 13.8. The van der Waals surface area contributed by atoms with E-state index in [9.17, 15) is 22.3 Å². The molecule has 150 valence electrons. The Morgan fingerprint density at radius 1 is 1.07 bits per heavy atom. The van der Waals surface area contributed by atoms with Crippen molar-refractivity contribution in [3.63, 3.8) is 0 Å². The Morgan fingerprint density at radius 3 is 2.07 bits per heavy atom. The number of rotatable bonds is 4. The van der Waals surface area contributed by atoms with Crippen molar-refractivity contribution in [2.75, 3.05) is 18.8 Å². The van der Waals surface area contributed by atoms with Gasteiger partial charge in [0.25, 0.3) is 0 Å². The molecule has 0 saturated carbocycles. The van der Waals surface area contributed by atoms with E-state index >= 15 is 0 Å². The molecular formula is C20H22F2N2O3S. The first kappa shape index (κ1) is 19.3. The van der Waals surface area contributed by atoms with E-state index < -0.39 is 27.3 Å². The fourth-order valence-electron chi connectivity index (χ4n) is 4.13. The number of benzene rings is 2. The average molecular weight is 408 g/mol. The Kier molecular flexibility index (Phi) is 4.48. The van der Waals surface area contributed by atoms with Crippen molar-refractivity contribution in [1.82, 2.24) is 8.87 Å². The van der Waals surface area contributed by atoms with Crippen LogP contribution in [0.3, 0.4) is 0 Å². The van der Waals surface area contributed by atoms with Gasteiger partial charge in [0.1, 0.15) is 11.6 Å². The highest BCUT2D eigenvalue weighted by molar-refractivity contribution is 7.89. The third-order valence-electron chi connectivity index (χ3n) is 5.21. The molecule has 0 amide bonds. The molecule has 0 aliphatic carbocycles. The predicted octanol–water partition coefficient (Wildman–Crippen LogP) is 3.11. The summed E-state index contributed by atoms with van der Waals surface area (Å²) >= 11 is 0. The first-order valence-corrected chi connectivity index (χ1v) is 10.7. The number of hydrogen-bond donors (Lipinski definition) is 1. The van der Waals surface area contributed by atoms with E-state index in [1.54, 1.807) is 23.6 Å². The van der Waals surface area contributed by atoms with Crippen molar-refractivity contribution >= 4 is 31.8 Å². The Balaban J connectivity index is 1.76. The normalized spacial score (nSPS) is 22.1. The lowest BCUT2D eigenvalue weighted by Crippen LogP contribution is -2.44. The summed E-state index contributed by atoms with van der Waals surface area (Å²) in [5.74, 6) is -0.767. The zero-order chi connectivity index (χ0) is 20.3. The molecule has 1 fully saturated rings. The largest absolute Gasteiger partial charge is 0.387 e. The van der Waals surface area contributed by atoms with Crippen LogP contribution in [-0.2, 0) is 16.6 Å². The standard InChI is InChI=1S/C20H22F2N2O3S/c1-13-9-23(28(26,27)10-13)11-20(2,25)12-24-18-5-3-14(21)7-16(18)17-8-15(22)4-6-19(17)24/h3-8,13,25H,9-12H2,1-2H3. The van der Waals surface area contributed by atoms with Crippen molar-refractivity contribution in [3.05, 3.63) is 48.0 Å². The van der Waals surface area contributed by atoms with E-state index in [4.69, 9.17) is 0 Å². The molecule has 0 bridgehead atoms. The van der Waals surface area contributed by atoms with Gasteiger partial charge in [-0.3, -0.25) is 0 Å². The molecule has 28 heavy (non-hydrogen) atoms. The minimum Gasteiger partial charge on any atom is -0.387 e. The minimum atomic E-state index is -3.38. The number of nitrogens with zero attached hydrogens (tertiary/aromatic N) is 2. The Bertz CT molecular complexity index is 1110. The molecule has 1 N–H and O–H groups in total. The zero-order valence-electron chi connectivity index (χ0n) is 15.7. The van der Waals surface area contributed by atoms with Crippen molar-refractivity contribution < 1.29 is 22.3 Å². The molecule has 0 spiro atoms. The molecule has 1 saturated heterocycles. The molecule has 2 atom stereocenters. The van der Waals surface area contributed by atoms with Crippen molar-refractivity contribution in [2.24, 2.45) is 5.92 Å². The number of halogens is 2. The van der Waals surface area contributed by atoms with Crippen LogP contribution in [0, 0.1) is 17.6 Å². The van der Waals surface area contributed by atoms with E-state index in [1.807, 2.05) is 6.92 Å². The highest BCUT2D eigenvalue weighted by atomic mass is 32.2. The molecule has 3 aromatic rings. The lowest BCUT2D eigenvalue weighted by molar-refractivity contribution is 0.0265. The van der Waals surface area contributed by atoms with Gasteiger partial charge in [-0.05, 0) is 49.2 Å². The number of aliphatic hydroxyl groups is 1. The van der Waals surface area contributed by atoms with Gasteiger partial charge in [-0.15, -0.1) is 0 Å². The lowest BCUT2D eigenvalue weighted by atomic mass is 10.1. The summed E-state index contributed by atoms with van der Waals surface area (Å²) in [5, 5.41) is 12.1. The van der Waals surface area contributed by atoms with Crippen LogP contribution in [0.1, 0.15) is 13.8 Å². The molecule has 2 heterocycles. The molecule has 1 aliphatic heterocycles. The first-order chi connectivity index (χ1) is 13.1. The van der Waals surface area contributed by atoms with Gasteiger partial charge < -0.3 is 9.67 Å². The Morgan fingerprint density at radius 2 is 1.61 bits per heavy atom. The molecule has 8 heteroatoms. The smallest absolute Gasteiger partial charge is 0.214 e. The van der Waals surface area contributed by atoms with Crippen LogP contribution in [0.5, 0.6) is 0 Å². The van der Waals surface area contributed by atoms with Crippen LogP contribution in [0.25, 0.3) is 21.8 Å². The van der Waals surface area contributed by atoms with Crippen LogP contribution in [-0.4, -0.2) is 46.8 Å². The van der Waals surface area contributed by atoms with Gasteiger partial charge in [-0.25, -0.2) is 17.2 Å². The van der Waals surface area contributed by atoms with Crippen LogP contribution in [0.2, 0.25) is 0 Å². The van der Waals surface area contributed by atoms with Gasteiger partial charge in [0.2, 0.25) is 10.0 Å². The van der Waals surface area contributed by atoms with Gasteiger partial charge in [-0.1, -0.05) is 6.92 Å². The molecular weight excluding hydrogens is 386 g/mol. The van der Waals surface area contributed by atoms with Crippen LogP contribution < -0.4 is 0 Å². The quantitative estimate of drug-likeness (QED) is 0.722. The number of sulfonamides is 1. The fraction of sp³-hybridized carbons (Fsp3) is 0.400. The number of β-amino-alcohol motifs (C(OH)–C–C–N with tert-alkyl or cyclic N) is 1. The second-order valence-electron chi connectivity index (χ2n) is 8.08. The maximum absolute atomic E-state index is 13.8. The second-order valence-corrected chi connectivity index (χ2v) is 10.1. The van der Waals surface area contributed by atoms with Crippen molar-refractivity contribution in [3.8, 4) is 0 Å². The monoisotopic (exact) mass is 408 g/mol. The number of aromatic nitrogens is 1. The van der Waals surface area contributed by atoms with Crippen LogP contribution >= 0.6 is 0 Å². The van der Waals surface area contributed by atoms with Gasteiger partial charge >= 0.3 is 0 Å². The predicted molar refractivity (Wildman–Crippen MR) is 105 cm³/mol. The molecule has 4 rings (SSSR count). The van der Waals surface area contributed by atoms with Gasteiger partial charge in [0, 0.05) is 34.9 Å². The van der Waals surface area contributed by atoms with E-state index in [-0.39, 0.29) is 24.8 Å². The number of fused-ring (bicyclic) bond motifs is 3. The second kappa shape index (κ2) is 6.50. The Labute approximate surface area is 162 Å². The molecule has 2 aromatic carbocycles. The van der Waals surface area contributed by atoms with Crippen molar-refractivity contribution in [1.29, 1.82) is 0 Å². The lowest BCUT2D eigenvalue weighted by Gasteiger charge is -2.29.